The van der Waals surface area contributed by atoms with Crippen molar-refractivity contribution in [2.75, 3.05) is 0 Å². The third kappa shape index (κ3) is 3.48. The smallest absolute Gasteiger partial charge is 0.272 e. The van der Waals surface area contributed by atoms with Crippen LogP contribution in [0.3, 0.4) is 0 Å². The first kappa shape index (κ1) is 17.4. The maximum absolute atomic E-state index is 13.3. The largest absolute Gasteiger partial charge is 0.293 e. The van der Waals surface area contributed by atoms with Crippen LogP contribution in [0, 0.1) is 19.7 Å². The number of thioether (sulfide) groups is 1. The van der Waals surface area contributed by atoms with E-state index in [1.54, 1.807) is 18.3 Å². The molecule has 8 heteroatoms. The minimum atomic E-state index is -0.309. The number of halogens is 1. The van der Waals surface area contributed by atoms with Gasteiger partial charge in [-0.15, -0.1) is 0 Å². The second kappa shape index (κ2) is 6.96. The Labute approximate surface area is 158 Å². The van der Waals surface area contributed by atoms with Crippen molar-refractivity contribution in [2.45, 2.75) is 24.8 Å². The number of hydrogen-bond donors (Lipinski definition) is 1. The Morgan fingerprint density at radius 3 is 2.67 bits per heavy atom. The number of nitrogens with one attached hydrogen (secondary N) is 1. The van der Waals surface area contributed by atoms with E-state index in [4.69, 9.17) is 0 Å². The molecule has 0 bridgehead atoms. The highest BCUT2D eigenvalue weighted by molar-refractivity contribution is 7.98. The molecule has 0 atom stereocenters. The number of benzene rings is 1. The average Bonchev–Trinajstić information content (AvgIpc) is 2.98. The van der Waals surface area contributed by atoms with Crippen molar-refractivity contribution in [1.29, 1.82) is 0 Å². The van der Waals surface area contributed by atoms with Crippen LogP contribution in [0.5, 0.6) is 0 Å². The molecule has 6 nitrogen and oxygen atoms in total. The van der Waals surface area contributed by atoms with Crippen molar-refractivity contribution in [1.82, 2.24) is 24.6 Å². The van der Waals surface area contributed by atoms with E-state index in [1.807, 2.05) is 19.9 Å². The van der Waals surface area contributed by atoms with E-state index < -0.39 is 0 Å². The summed E-state index contributed by atoms with van der Waals surface area (Å²) in [4.78, 5) is 25.7. The molecule has 0 aliphatic rings. The van der Waals surface area contributed by atoms with Crippen LogP contribution >= 0.6 is 11.8 Å². The molecule has 1 N–H and O–H groups in total. The molecule has 0 aliphatic carbocycles. The molecule has 0 saturated heterocycles. The fraction of sp³-hybridized carbons (Fsp3) is 0.158. The summed E-state index contributed by atoms with van der Waals surface area (Å²) in [6, 6.07) is 9.48. The lowest BCUT2D eigenvalue weighted by atomic mass is 10.1. The second-order valence-corrected chi connectivity index (χ2v) is 7.08. The maximum atomic E-state index is 13.3. The second-order valence-electron chi connectivity index (χ2n) is 6.13. The topological polar surface area (TPSA) is 75.9 Å². The molecule has 0 aliphatic heterocycles. The zero-order chi connectivity index (χ0) is 19.0. The first-order valence-corrected chi connectivity index (χ1v) is 9.29. The molecule has 27 heavy (non-hydrogen) atoms. The molecular weight excluding hydrogens is 365 g/mol. The quantitative estimate of drug-likeness (QED) is 0.432. The van der Waals surface area contributed by atoms with Crippen LogP contribution < -0.4 is 5.56 Å². The Morgan fingerprint density at radius 2 is 1.93 bits per heavy atom. The monoisotopic (exact) mass is 381 g/mol. The molecule has 4 aromatic rings. The van der Waals surface area contributed by atoms with E-state index in [0.717, 1.165) is 22.5 Å². The highest BCUT2D eigenvalue weighted by atomic mass is 32.2. The molecular formula is C19H16FN5OS. The molecule has 1 aromatic carbocycles. The summed E-state index contributed by atoms with van der Waals surface area (Å²) >= 11 is 1.42. The number of hydrogen-bond acceptors (Lipinski definition) is 5. The van der Waals surface area contributed by atoms with Gasteiger partial charge in [0, 0.05) is 35.0 Å². The van der Waals surface area contributed by atoms with Crippen molar-refractivity contribution in [3.05, 3.63) is 75.8 Å². The minimum absolute atomic E-state index is 0.197. The molecule has 4 rings (SSSR count). The predicted molar refractivity (Wildman–Crippen MR) is 102 cm³/mol. The minimum Gasteiger partial charge on any atom is -0.293 e. The number of nitrogens with zero attached hydrogens (tertiary/aromatic N) is 4. The summed E-state index contributed by atoms with van der Waals surface area (Å²) in [6.45, 7) is 3.77. The van der Waals surface area contributed by atoms with Gasteiger partial charge in [0.15, 0.2) is 10.8 Å². The lowest BCUT2D eigenvalue weighted by Crippen LogP contribution is -2.15. The Bertz CT molecular complexity index is 1180. The van der Waals surface area contributed by atoms with Gasteiger partial charge in [-0.1, -0.05) is 23.9 Å². The fourth-order valence-electron chi connectivity index (χ4n) is 2.87. The maximum Gasteiger partial charge on any atom is 0.272 e. The van der Waals surface area contributed by atoms with E-state index in [1.165, 1.54) is 34.5 Å². The summed E-state index contributed by atoms with van der Waals surface area (Å²) in [5, 5.41) is 3.67. The Kier molecular flexibility index (Phi) is 4.49. The number of rotatable bonds is 4. The van der Waals surface area contributed by atoms with Gasteiger partial charge in [-0.3, -0.25) is 9.89 Å². The lowest BCUT2D eigenvalue weighted by molar-refractivity contribution is 0.628. The third-order valence-electron chi connectivity index (χ3n) is 4.10. The van der Waals surface area contributed by atoms with Gasteiger partial charge in [0.1, 0.15) is 5.82 Å². The van der Waals surface area contributed by atoms with Gasteiger partial charge < -0.3 is 0 Å². The molecule has 0 radical (unpaired) electrons. The van der Waals surface area contributed by atoms with E-state index >= 15 is 0 Å². The van der Waals surface area contributed by atoms with E-state index in [9.17, 15) is 9.18 Å². The van der Waals surface area contributed by atoms with Gasteiger partial charge in [-0.25, -0.2) is 23.9 Å². The highest BCUT2D eigenvalue weighted by Crippen LogP contribution is 2.27. The van der Waals surface area contributed by atoms with Crippen molar-refractivity contribution in [3.8, 4) is 11.1 Å². The number of aryl methyl sites for hydroxylation is 2. The standard InChI is InChI=1S/C19H16FN5OS/c1-11-7-8-21-19(22-11)27-10-15-9-16(26)25-18(23-15)17(12(2)24-25)13-3-5-14(20)6-4-13/h3-9,24H,10H2,1-2H3. The molecule has 3 aromatic heterocycles. The molecule has 3 heterocycles. The van der Waals surface area contributed by atoms with E-state index in [-0.39, 0.29) is 11.4 Å². The zero-order valence-electron chi connectivity index (χ0n) is 14.7. The van der Waals surface area contributed by atoms with Crippen molar-refractivity contribution in [3.63, 3.8) is 0 Å². The first-order chi connectivity index (χ1) is 13.0. The van der Waals surface area contributed by atoms with E-state index in [2.05, 4.69) is 20.1 Å². The normalized spacial score (nSPS) is 11.2. The van der Waals surface area contributed by atoms with Crippen LogP contribution in [0.2, 0.25) is 0 Å². The van der Waals surface area contributed by atoms with Gasteiger partial charge in [0.05, 0.1) is 5.69 Å². The van der Waals surface area contributed by atoms with Gasteiger partial charge in [-0.05, 0) is 37.6 Å². The average molecular weight is 381 g/mol. The molecule has 0 unspecified atom stereocenters. The van der Waals surface area contributed by atoms with Crippen LogP contribution in [0.4, 0.5) is 4.39 Å². The van der Waals surface area contributed by atoms with Crippen LogP contribution in [0.25, 0.3) is 16.8 Å². The number of aromatic nitrogens is 5. The summed E-state index contributed by atoms with van der Waals surface area (Å²) in [5.41, 5.74) is 4.22. The Balaban J connectivity index is 1.74. The molecule has 0 spiro atoms. The first-order valence-electron chi connectivity index (χ1n) is 8.31. The highest BCUT2D eigenvalue weighted by Gasteiger charge is 2.15. The van der Waals surface area contributed by atoms with Gasteiger partial charge in [0.25, 0.3) is 5.56 Å². The van der Waals surface area contributed by atoms with Crippen LogP contribution in [-0.4, -0.2) is 24.6 Å². The van der Waals surface area contributed by atoms with Crippen molar-refractivity contribution < 1.29 is 4.39 Å². The fourth-order valence-corrected chi connectivity index (χ4v) is 3.64. The van der Waals surface area contributed by atoms with Gasteiger partial charge in [-0.2, -0.15) is 0 Å². The van der Waals surface area contributed by atoms with Crippen LogP contribution in [0.15, 0.2) is 52.5 Å². The molecule has 136 valence electrons. The van der Waals surface area contributed by atoms with Gasteiger partial charge in [0.2, 0.25) is 0 Å². The van der Waals surface area contributed by atoms with E-state index in [0.29, 0.717) is 22.3 Å². The summed E-state index contributed by atoms with van der Waals surface area (Å²) in [5.74, 6) is 0.166. The Hall–Kier alpha value is -3.00. The summed E-state index contributed by atoms with van der Waals surface area (Å²) in [6.07, 6.45) is 1.71. The van der Waals surface area contributed by atoms with Crippen LogP contribution in [-0.2, 0) is 5.75 Å². The summed E-state index contributed by atoms with van der Waals surface area (Å²) < 4.78 is 14.7. The van der Waals surface area contributed by atoms with Crippen molar-refractivity contribution >= 4 is 17.4 Å². The lowest BCUT2D eigenvalue weighted by Gasteiger charge is -2.04. The van der Waals surface area contributed by atoms with Crippen LogP contribution in [0.1, 0.15) is 17.1 Å². The number of H-pyrrole nitrogens is 1. The Morgan fingerprint density at radius 1 is 1.15 bits per heavy atom. The molecule has 0 fully saturated rings. The number of aromatic amines is 1. The summed E-state index contributed by atoms with van der Waals surface area (Å²) in [7, 11) is 0. The molecule has 0 amide bonds. The number of fused-ring (bicyclic) bond motifs is 1. The molecule has 0 saturated carbocycles. The van der Waals surface area contributed by atoms with Crippen molar-refractivity contribution in [2.24, 2.45) is 0 Å². The van der Waals surface area contributed by atoms with Gasteiger partial charge >= 0.3 is 0 Å². The SMILES string of the molecule is Cc1ccnc(SCc2cc(=O)n3[nH]c(C)c(-c4ccc(F)cc4)c3n2)n1. The third-order valence-corrected chi connectivity index (χ3v) is 5.00. The predicted octanol–water partition coefficient (Wildman–Crippen LogP) is 3.53. The zero-order valence-corrected chi connectivity index (χ0v) is 15.5.